The smallest absolute Gasteiger partial charge is 0.170 e. The number of aryl methyl sites for hydroxylation is 2. The van der Waals surface area contributed by atoms with E-state index < -0.39 is 5.82 Å². The van der Waals surface area contributed by atoms with Crippen LogP contribution in [0.25, 0.3) is 0 Å². The molecule has 3 nitrogen and oxygen atoms in total. The van der Waals surface area contributed by atoms with E-state index >= 15 is 0 Å². The zero-order valence-electron chi connectivity index (χ0n) is 11.0. The summed E-state index contributed by atoms with van der Waals surface area (Å²) in [6.45, 7) is 3.76. The standard InChI is InChI=1S/C14H14BrFN2O/c1-8-11(9(2)18(3)17-8)7-14(19)12-6-10(15)4-5-13(12)16/h4-6H,7H2,1-3H3. The Morgan fingerprint density at radius 1 is 1.42 bits per heavy atom. The molecule has 2 aromatic rings. The first-order chi connectivity index (χ1) is 8.90. The summed E-state index contributed by atoms with van der Waals surface area (Å²) in [5.74, 6) is -0.731. The average Bonchev–Trinajstić information content (AvgIpc) is 2.59. The van der Waals surface area contributed by atoms with Crippen molar-refractivity contribution in [2.24, 2.45) is 7.05 Å². The van der Waals surface area contributed by atoms with Crippen LogP contribution >= 0.6 is 15.9 Å². The van der Waals surface area contributed by atoms with Crippen LogP contribution in [0, 0.1) is 19.7 Å². The molecule has 0 saturated heterocycles. The van der Waals surface area contributed by atoms with Crippen molar-refractivity contribution in [1.29, 1.82) is 0 Å². The second-order valence-electron chi connectivity index (χ2n) is 4.50. The predicted octanol–water partition coefficient (Wildman–Crippen LogP) is 3.36. The van der Waals surface area contributed by atoms with Gasteiger partial charge < -0.3 is 0 Å². The van der Waals surface area contributed by atoms with Crippen molar-refractivity contribution < 1.29 is 9.18 Å². The van der Waals surface area contributed by atoms with E-state index in [1.165, 1.54) is 12.1 Å². The highest BCUT2D eigenvalue weighted by atomic mass is 79.9. The molecule has 0 unspecified atom stereocenters. The highest BCUT2D eigenvalue weighted by Crippen LogP contribution is 2.20. The van der Waals surface area contributed by atoms with Crippen molar-refractivity contribution in [1.82, 2.24) is 9.78 Å². The summed E-state index contributed by atoms with van der Waals surface area (Å²) in [5, 5.41) is 4.26. The summed E-state index contributed by atoms with van der Waals surface area (Å²) in [4.78, 5) is 12.2. The lowest BCUT2D eigenvalue weighted by Gasteiger charge is -2.04. The maximum atomic E-state index is 13.7. The maximum Gasteiger partial charge on any atom is 0.170 e. The minimum absolute atomic E-state index is 0.108. The summed E-state index contributed by atoms with van der Waals surface area (Å²) in [6.07, 6.45) is 0.166. The van der Waals surface area contributed by atoms with Gasteiger partial charge in [-0.05, 0) is 32.0 Å². The molecule has 100 valence electrons. The molecule has 19 heavy (non-hydrogen) atoms. The zero-order valence-corrected chi connectivity index (χ0v) is 12.6. The maximum absolute atomic E-state index is 13.7. The van der Waals surface area contributed by atoms with Gasteiger partial charge in [-0.3, -0.25) is 9.48 Å². The van der Waals surface area contributed by atoms with Gasteiger partial charge in [-0.25, -0.2) is 4.39 Å². The van der Waals surface area contributed by atoms with E-state index in [0.717, 1.165) is 17.0 Å². The number of carbonyl (C=O) groups excluding carboxylic acids is 1. The third-order valence-corrected chi connectivity index (χ3v) is 3.72. The summed E-state index contributed by atoms with van der Waals surface area (Å²) >= 11 is 3.25. The molecule has 1 aromatic carbocycles. The van der Waals surface area contributed by atoms with Gasteiger partial charge in [0.2, 0.25) is 0 Å². The average molecular weight is 325 g/mol. The predicted molar refractivity (Wildman–Crippen MR) is 74.8 cm³/mol. The van der Waals surface area contributed by atoms with Crippen LogP contribution < -0.4 is 0 Å². The fourth-order valence-corrected chi connectivity index (χ4v) is 2.40. The van der Waals surface area contributed by atoms with Gasteiger partial charge in [-0.2, -0.15) is 5.10 Å². The molecule has 2 rings (SSSR count). The van der Waals surface area contributed by atoms with E-state index in [9.17, 15) is 9.18 Å². The highest BCUT2D eigenvalue weighted by molar-refractivity contribution is 9.10. The number of halogens is 2. The molecule has 1 aromatic heterocycles. The molecule has 0 spiro atoms. The molecule has 0 saturated carbocycles. The molecule has 0 bridgehead atoms. The Morgan fingerprint density at radius 3 is 2.68 bits per heavy atom. The molecule has 0 aliphatic heterocycles. The molecule has 5 heteroatoms. The summed E-state index contributed by atoms with van der Waals surface area (Å²) < 4.78 is 16.1. The van der Waals surface area contributed by atoms with E-state index in [4.69, 9.17) is 0 Å². The van der Waals surface area contributed by atoms with Crippen LogP contribution in [0.4, 0.5) is 4.39 Å². The number of nitrogens with zero attached hydrogens (tertiary/aromatic N) is 2. The number of hydrogen-bond donors (Lipinski definition) is 0. The third-order valence-electron chi connectivity index (χ3n) is 3.23. The molecule has 0 fully saturated rings. The van der Waals surface area contributed by atoms with Gasteiger partial charge in [-0.1, -0.05) is 15.9 Å². The van der Waals surface area contributed by atoms with Crippen molar-refractivity contribution in [2.75, 3.05) is 0 Å². The Balaban J connectivity index is 2.33. The number of aromatic nitrogens is 2. The molecule has 0 radical (unpaired) electrons. The number of ketones is 1. The molecule has 0 amide bonds. The molecule has 0 atom stereocenters. The van der Waals surface area contributed by atoms with Crippen LogP contribution in [0.3, 0.4) is 0 Å². The number of Topliss-reactive ketones (excluding diaryl/α,β-unsaturated/α-hetero) is 1. The van der Waals surface area contributed by atoms with Crippen LogP contribution in [0.1, 0.15) is 27.3 Å². The minimum atomic E-state index is -0.493. The minimum Gasteiger partial charge on any atom is -0.294 e. The Bertz CT molecular complexity index is 649. The van der Waals surface area contributed by atoms with E-state index in [-0.39, 0.29) is 17.8 Å². The highest BCUT2D eigenvalue weighted by Gasteiger charge is 2.17. The van der Waals surface area contributed by atoms with Crippen molar-refractivity contribution in [2.45, 2.75) is 20.3 Å². The first kappa shape index (κ1) is 13.9. The molecule has 0 aliphatic carbocycles. The Hall–Kier alpha value is -1.49. The van der Waals surface area contributed by atoms with Gasteiger partial charge >= 0.3 is 0 Å². The number of benzene rings is 1. The Kier molecular flexibility index (Phi) is 3.85. The second kappa shape index (κ2) is 5.25. The van der Waals surface area contributed by atoms with Crippen molar-refractivity contribution in [3.8, 4) is 0 Å². The van der Waals surface area contributed by atoms with Crippen molar-refractivity contribution in [3.05, 3.63) is 51.0 Å². The van der Waals surface area contributed by atoms with Gasteiger partial charge in [0.25, 0.3) is 0 Å². The Morgan fingerprint density at radius 2 is 2.11 bits per heavy atom. The lowest BCUT2D eigenvalue weighted by Crippen LogP contribution is -2.08. The van der Waals surface area contributed by atoms with Gasteiger partial charge in [0.15, 0.2) is 5.78 Å². The number of hydrogen-bond acceptors (Lipinski definition) is 2. The fourth-order valence-electron chi connectivity index (χ4n) is 2.04. The van der Waals surface area contributed by atoms with Crippen molar-refractivity contribution >= 4 is 21.7 Å². The molecule has 0 aliphatic rings. The van der Waals surface area contributed by atoms with Crippen LogP contribution in [0.15, 0.2) is 22.7 Å². The lowest BCUT2D eigenvalue weighted by atomic mass is 10.0. The molecular weight excluding hydrogens is 311 g/mol. The zero-order chi connectivity index (χ0) is 14.2. The van der Waals surface area contributed by atoms with Gasteiger partial charge in [0, 0.05) is 29.2 Å². The second-order valence-corrected chi connectivity index (χ2v) is 5.41. The topological polar surface area (TPSA) is 34.9 Å². The van der Waals surface area contributed by atoms with E-state index in [2.05, 4.69) is 21.0 Å². The van der Waals surface area contributed by atoms with Gasteiger partial charge in [0.05, 0.1) is 11.3 Å². The first-order valence-corrected chi connectivity index (χ1v) is 6.66. The monoisotopic (exact) mass is 324 g/mol. The van der Waals surface area contributed by atoms with E-state index in [1.807, 2.05) is 20.9 Å². The summed E-state index contributed by atoms with van der Waals surface area (Å²) in [7, 11) is 1.83. The van der Waals surface area contributed by atoms with Crippen molar-refractivity contribution in [3.63, 3.8) is 0 Å². The normalized spacial score (nSPS) is 10.8. The SMILES string of the molecule is Cc1nn(C)c(C)c1CC(=O)c1cc(Br)ccc1F. The number of rotatable bonds is 3. The Labute approximate surface area is 119 Å². The van der Waals surface area contributed by atoms with Gasteiger partial charge in [0.1, 0.15) is 5.82 Å². The molecular formula is C14H14BrFN2O. The summed E-state index contributed by atoms with van der Waals surface area (Å²) in [6, 6.07) is 4.38. The van der Waals surface area contributed by atoms with E-state index in [1.54, 1.807) is 10.7 Å². The number of carbonyl (C=O) groups is 1. The van der Waals surface area contributed by atoms with Crippen LogP contribution in [-0.4, -0.2) is 15.6 Å². The summed E-state index contributed by atoms with van der Waals surface area (Å²) in [5.41, 5.74) is 2.72. The van der Waals surface area contributed by atoms with Crippen LogP contribution in [-0.2, 0) is 13.5 Å². The fraction of sp³-hybridized carbons (Fsp3) is 0.286. The molecule has 0 N–H and O–H groups in total. The van der Waals surface area contributed by atoms with Crippen LogP contribution in [0.5, 0.6) is 0 Å². The van der Waals surface area contributed by atoms with Crippen LogP contribution in [0.2, 0.25) is 0 Å². The first-order valence-electron chi connectivity index (χ1n) is 5.87. The van der Waals surface area contributed by atoms with Gasteiger partial charge in [-0.15, -0.1) is 0 Å². The third kappa shape index (κ3) is 2.76. The quantitative estimate of drug-likeness (QED) is 0.811. The lowest BCUT2D eigenvalue weighted by molar-refractivity contribution is 0.0988. The largest absolute Gasteiger partial charge is 0.294 e. The van der Waals surface area contributed by atoms with E-state index in [0.29, 0.717) is 4.47 Å². The molecule has 1 heterocycles.